The van der Waals surface area contributed by atoms with E-state index in [4.69, 9.17) is 4.42 Å². The van der Waals surface area contributed by atoms with Gasteiger partial charge < -0.3 is 8.98 Å². The lowest BCUT2D eigenvalue weighted by atomic mass is 9.98. The number of benzene rings is 8. The number of hydrogen-bond donors (Lipinski definition) is 0. The van der Waals surface area contributed by atoms with Gasteiger partial charge in [-0.3, -0.25) is 4.57 Å². The van der Waals surface area contributed by atoms with E-state index in [-0.39, 0.29) is 0 Å². The molecule has 0 radical (unpaired) electrons. The van der Waals surface area contributed by atoms with Crippen molar-refractivity contribution in [1.82, 2.24) is 9.13 Å². The Labute approximate surface area is 306 Å². The minimum absolute atomic E-state index is 0.863. The van der Waals surface area contributed by atoms with Gasteiger partial charge in [0, 0.05) is 32.9 Å². The van der Waals surface area contributed by atoms with E-state index in [0.29, 0.717) is 0 Å². The van der Waals surface area contributed by atoms with Crippen LogP contribution >= 0.6 is 0 Å². The van der Waals surface area contributed by atoms with Crippen molar-refractivity contribution in [3.63, 3.8) is 0 Å². The molecule has 3 aromatic heterocycles. The second kappa shape index (κ2) is 11.7. The highest BCUT2D eigenvalue weighted by atomic mass is 16.3. The van der Waals surface area contributed by atoms with Gasteiger partial charge in [-0.1, -0.05) is 133 Å². The lowest BCUT2D eigenvalue weighted by Gasteiger charge is -2.12. The minimum atomic E-state index is 0.863. The van der Waals surface area contributed by atoms with Gasteiger partial charge in [-0.2, -0.15) is 0 Å². The molecule has 0 unspecified atom stereocenters. The van der Waals surface area contributed by atoms with Crippen molar-refractivity contribution in [2.75, 3.05) is 0 Å². The van der Waals surface area contributed by atoms with Gasteiger partial charge in [0.2, 0.25) is 5.71 Å². The molecule has 0 atom stereocenters. The Hall–Kier alpha value is -7.10. The average molecular weight is 677 g/mol. The number of hydrogen-bond acceptors (Lipinski definition) is 1. The van der Waals surface area contributed by atoms with E-state index < -0.39 is 0 Å². The van der Waals surface area contributed by atoms with Crippen LogP contribution in [-0.4, -0.2) is 9.13 Å². The van der Waals surface area contributed by atoms with E-state index in [1.165, 1.54) is 49.4 Å². The van der Waals surface area contributed by atoms with Crippen molar-refractivity contribution in [2.24, 2.45) is 0 Å². The average Bonchev–Trinajstić information content (AvgIpc) is 3.88. The third kappa shape index (κ3) is 4.61. The van der Waals surface area contributed by atoms with Crippen LogP contribution in [-0.2, 0) is 0 Å². The second-order valence-electron chi connectivity index (χ2n) is 13.7. The zero-order chi connectivity index (χ0) is 34.9. The molecule has 53 heavy (non-hydrogen) atoms. The van der Waals surface area contributed by atoms with E-state index >= 15 is 0 Å². The van der Waals surface area contributed by atoms with Gasteiger partial charge in [0.05, 0.1) is 21.9 Å². The lowest BCUT2D eigenvalue weighted by molar-refractivity contribution is 0.645. The molecular formula is C50H32N2O. The second-order valence-corrected chi connectivity index (χ2v) is 13.7. The van der Waals surface area contributed by atoms with Crippen LogP contribution in [0.1, 0.15) is 0 Å². The quantitative estimate of drug-likeness (QED) is 0.178. The van der Waals surface area contributed by atoms with Crippen LogP contribution in [0.15, 0.2) is 199 Å². The summed E-state index contributed by atoms with van der Waals surface area (Å²) in [5.74, 6) is 0. The van der Waals surface area contributed by atoms with Crippen molar-refractivity contribution in [3.8, 4) is 44.8 Å². The van der Waals surface area contributed by atoms with Crippen LogP contribution in [0.5, 0.6) is 0 Å². The summed E-state index contributed by atoms with van der Waals surface area (Å²) in [5, 5.41) is 5.92. The van der Waals surface area contributed by atoms with Crippen molar-refractivity contribution in [2.45, 2.75) is 0 Å². The molecule has 0 saturated carbocycles. The standard InChI is InChI=1S/C50H32N2O/c1-4-14-33(15-5-1)35-26-28-45-42(31-35)43-32-36(34-16-6-2-7-17-34)27-29-46(43)51(45)39-21-12-18-37(30-39)40-23-13-25-47-48(40)49-41-22-10-11-24-44(41)52(50(49)53-47)38-19-8-3-9-20-38/h1-32H. The summed E-state index contributed by atoms with van der Waals surface area (Å²) in [6.45, 7) is 0. The molecule has 248 valence electrons. The summed E-state index contributed by atoms with van der Waals surface area (Å²) in [4.78, 5) is 0. The smallest absolute Gasteiger partial charge is 0.213 e. The number of furan rings is 1. The molecule has 0 aliphatic carbocycles. The number of para-hydroxylation sites is 2. The van der Waals surface area contributed by atoms with Crippen LogP contribution in [0.25, 0.3) is 99.5 Å². The van der Waals surface area contributed by atoms with Gasteiger partial charge >= 0.3 is 0 Å². The number of fused-ring (bicyclic) bond motifs is 8. The van der Waals surface area contributed by atoms with Crippen molar-refractivity contribution >= 4 is 54.8 Å². The maximum atomic E-state index is 6.76. The van der Waals surface area contributed by atoms with Gasteiger partial charge in [0.25, 0.3) is 0 Å². The molecule has 0 N–H and O–H groups in total. The normalized spacial score (nSPS) is 11.8. The molecule has 0 aliphatic heterocycles. The molecule has 0 saturated heterocycles. The number of nitrogens with zero attached hydrogens (tertiary/aromatic N) is 2. The first-order valence-electron chi connectivity index (χ1n) is 18.1. The molecular weight excluding hydrogens is 645 g/mol. The first kappa shape index (κ1) is 29.6. The Morgan fingerprint density at radius 1 is 0.321 bits per heavy atom. The van der Waals surface area contributed by atoms with Crippen molar-refractivity contribution in [3.05, 3.63) is 194 Å². The Morgan fingerprint density at radius 3 is 1.55 bits per heavy atom. The summed E-state index contributed by atoms with van der Waals surface area (Å²) in [6.07, 6.45) is 0. The molecule has 3 heteroatoms. The maximum Gasteiger partial charge on any atom is 0.213 e. The zero-order valence-corrected chi connectivity index (χ0v) is 28.8. The Balaban J connectivity index is 1.14. The molecule has 0 fully saturated rings. The summed E-state index contributed by atoms with van der Waals surface area (Å²) in [6, 6.07) is 69.6. The summed E-state index contributed by atoms with van der Waals surface area (Å²) < 4.78 is 11.4. The predicted octanol–water partition coefficient (Wildman–Crippen LogP) is 13.6. The van der Waals surface area contributed by atoms with Crippen LogP contribution in [0, 0.1) is 0 Å². The van der Waals surface area contributed by atoms with E-state index in [1.807, 2.05) is 0 Å². The highest BCUT2D eigenvalue weighted by Crippen LogP contribution is 2.44. The summed E-state index contributed by atoms with van der Waals surface area (Å²) in [7, 11) is 0. The first-order valence-corrected chi connectivity index (χ1v) is 18.1. The Kier molecular flexibility index (Phi) is 6.55. The number of aromatic nitrogens is 2. The molecule has 0 aliphatic rings. The van der Waals surface area contributed by atoms with Crippen LogP contribution in [0.2, 0.25) is 0 Å². The fraction of sp³-hybridized carbons (Fsp3) is 0. The third-order valence-electron chi connectivity index (χ3n) is 10.7. The highest BCUT2D eigenvalue weighted by Gasteiger charge is 2.22. The topological polar surface area (TPSA) is 23.0 Å². The Bertz CT molecular complexity index is 3050. The van der Waals surface area contributed by atoms with Gasteiger partial charge in [-0.05, 0) is 94.0 Å². The van der Waals surface area contributed by atoms with Gasteiger partial charge in [0.1, 0.15) is 5.58 Å². The summed E-state index contributed by atoms with van der Waals surface area (Å²) >= 11 is 0. The first-order chi connectivity index (χ1) is 26.3. The van der Waals surface area contributed by atoms with Crippen molar-refractivity contribution in [1.29, 1.82) is 0 Å². The monoisotopic (exact) mass is 676 g/mol. The van der Waals surface area contributed by atoms with E-state index in [0.717, 1.165) is 50.1 Å². The van der Waals surface area contributed by atoms with Gasteiger partial charge in [-0.25, -0.2) is 0 Å². The molecule has 3 heterocycles. The fourth-order valence-electron chi connectivity index (χ4n) is 8.34. The molecule has 0 amide bonds. The van der Waals surface area contributed by atoms with E-state index in [9.17, 15) is 0 Å². The van der Waals surface area contributed by atoms with Gasteiger partial charge in [0.15, 0.2) is 0 Å². The SMILES string of the molecule is c1ccc(-c2ccc3c(c2)c2cc(-c4ccccc4)ccc2n3-c2cccc(-c3cccc4oc5c(c6ccccc6n5-c5ccccc5)c34)c2)cc1. The molecule has 3 nitrogen and oxygen atoms in total. The minimum Gasteiger partial charge on any atom is -0.439 e. The largest absolute Gasteiger partial charge is 0.439 e. The Morgan fingerprint density at radius 2 is 0.868 bits per heavy atom. The van der Waals surface area contributed by atoms with Crippen LogP contribution < -0.4 is 0 Å². The highest BCUT2D eigenvalue weighted by molar-refractivity contribution is 6.23. The zero-order valence-electron chi connectivity index (χ0n) is 28.8. The fourth-order valence-corrected chi connectivity index (χ4v) is 8.34. The van der Waals surface area contributed by atoms with Crippen LogP contribution in [0.3, 0.4) is 0 Å². The van der Waals surface area contributed by atoms with Crippen LogP contribution in [0.4, 0.5) is 0 Å². The maximum absolute atomic E-state index is 6.76. The molecule has 11 rings (SSSR count). The third-order valence-corrected chi connectivity index (χ3v) is 10.7. The lowest BCUT2D eigenvalue weighted by Crippen LogP contribution is -1.94. The molecule has 0 spiro atoms. The summed E-state index contributed by atoms with van der Waals surface area (Å²) in [5.41, 5.74) is 14.6. The number of rotatable bonds is 5. The molecule has 8 aromatic carbocycles. The van der Waals surface area contributed by atoms with E-state index in [2.05, 4.69) is 203 Å². The predicted molar refractivity (Wildman–Crippen MR) is 221 cm³/mol. The van der Waals surface area contributed by atoms with E-state index in [1.54, 1.807) is 0 Å². The van der Waals surface area contributed by atoms with Crippen molar-refractivity contribution < 1.29 is 4.42 Å². The van der Waals surface area contributed by atoms with Gasteiger partial charge in [-0.15, -0.1) is 0 Å². The molecule has 0 bridgehead atoms. The molecule has 11 aromatic rings.